The molecule has 7 nitrogen and oxygen atoms in total. The molecule has 0 radical (unpaired) electrons. The molecule has 1 aromatic rings. The van der Waals surface area contributed by atoms with Crippen molar-refractivity contribution >= 4 is 11.9 Å². The maximum atomic E-state index is 5.75. The van der Waals surface area contributed by atoms with Gasteiger partial charge in [-0.2, -0.15) is 15.0 Å². The van der Waals surface area contributed by atoms with E-state index in [0.717, 1.165) is 32.4 Å². The van der Waals surface area contributed by atoms with Gasteiger partial charge in [0, 0.05) is 19.7 Å². The highest BCUT2D eigenvalue weighted by molar-refractivity contribution is 5.36. The van der Waals surface area contributed by atoms with Gasteiger partial charge in [0.15, 0.2) is 0 Å². The van der Waals surface area contributed by atoms with E-state index in [-0.39, 0.29) is 5.60 Å². The quantitative estimate of drug-likeness (QED) is 0.759. The van der Waals surface area contributed by atoms with E-state index in [2.05, 4.69) is 32.5 Å². The van der Waals surface area contributed by atoms with Crippen molar-refractivity contribution in [2.75, 3.05) is 36.9 Å². The predicted molar refractivity (Wildman–Crippen MR) is 81.9 cm³/mol. The molecule has 2 N–H and O–H groups in total. The third-order valence-electron chi connectivity index (χ3n) is 3.31. The fourth-order valence-corrected chi connectivity index (χ4v) is 2.17. The Balaban J connectivity index is 2.03. The molecule has 2 rings (SSSR count). The minimum Gasteiger partial charge on any atom is -0.463 e. The highest BCUT2D eigenvalue weighted by Gasteiger charge is 2.29. The summed E-state index contributed by atoms with van der Waals surface area (Å²) in [5.74, 6) is 1.04. The van der Waals surface area contributed by atoms with Crippen LogP contribution >= 0.6 is 0 Å². The van der Waals surface area contributed by atoms with E-state index in [4.69, 9.17) is 9.47 Å². The second-order valence-corrected chi connectivity index (χ2v) is 5.40. The van der Waals surface area contributed by atoms with E-state index < -0.39 is 0 Å². The average Bonchev–Trinajstić information content (AvgIpc) is 2.91. The Morgan fingerprint density at radius 2 is 1.95 bits per heavy atom. The van der Waals surface area contributed by atoms with Gasteiger partial charge in [-0.3, -0.25) is 0 Å². The van der Waals surface area contributed by atoms with Crippen LogP contribution in [0.1, 0.15) is 40.0 Å². The smallest absolute Gasteiger partial charge is 0.323 e. The second-order valence-electron chi connectivity index (χ2n) is 5.40. The summed E-state index contributed by atoms with van der Waals surface area (Å²) in [4.78, 5) is 12.9. The van der Waals surface area contributed by atoms with Crippen molar-refractivity contribution < 1.29 is 9.47 Å². The van der Waals surface area contributed by atoms with Gasteiger partial charge in [0.1, 0.15) is 0 Å². The standard InChI is InChI=1S/C14H25N5O2/c1-4-8-20-13-18-11(15-5-2)17-12(19-13)16-10-14(3)7-6-9-21-14/h4-10H2,1-3H3,(H2,15,16,17,18,19). The third-order valence-corrected chi connectivity index (χ3v) is 3.31. The van der Waals surface area contributed by atoms with Crippen LogP contribution in [0.3, 0.4) is 0 Å². The van der Waals surface area contributed by atoms with Gasteiger partial charge in [0.2, 0.25) is 11.9 Å². The Labute approximate surface area is 125 Å². The number of hydrogen-bond acceptors (Lipinski definition) is 7. The number of nitrogens with one attached hydrogen (secondary N) is 2. The van der Waals surface area contributed by atoms with Crippen molar-refractivity contribution in [2.45, 2.75) is 45.6 Å². The number of aromatic nitrogens is 3. The Hall–Kier alpha value is -1.63. The Bertz CT molecular complexity index is 449. The van der Waals surface area contributed by atoms with Crippen molar-refractivity contribution in [1.82, 2.24) is 15.0 Å². The van der Waals surface area contributed by atoms with E-state index in [1.165, 1.54) is 0 Å². The van der Waals surface area contributed by atoms with Crippen LogP contribution in [0, 0.1) is 0 Å². The number of hydrogen-bond donors (Lipinski definition) is 2. The van der Waals surface area contributed by atoms with Crippen LogP contribution in [0.4, 0.5) is 11.9 Å². The molecule has 0 aromatic carbocycles. The van der Waals surface area contributed by atoms with Gasteiger partial charge in [-0.05, 0) is 33.1 Å². The minimum absolute atomic E-state index is 0.143. The molecule has 0 bridgehead atoms. The van der Waals surface area contributed by atoms with Crippen LogP contribution in [0.5, 0.6) is 6.01 Å². The molecule has 1 aromatic heterocycles. The molecule has 1 aliphatic rings. The minimum atomic E-state index is -0.143. The van der Waals surface area contributed by atoms with E-state index >= 15 is 0 Å². The van der Waals surface area contributed by atoms with Gasteiger partial charge in [0.25, 0.3) is 0 Å². The zero-order chi connectivity index (χ0) is 15.1. The van der Waals surface area contributed by atoms with Gasteiger partial charge in [-0.15, -0.1) is 0 Å². The highest BCUT2D eigenvalue weighted by Crippen LogP contribution is 2.25. The lowest BCUT2D eigenvalue weighted by Crippen LogP contribution is -2.33. The lowest BCUT2D eigenvalue weighted by molar-refractivity contribution is 0.0314. The molecule has 0 amide bonds. The Kier molecular flexibility index (Phi) is 5.55. The molecule has 7 heteroatoms. The summed E-state index contributed by atoms with van der Waals surface area (Å²) in [6.07, 6.45) is 3.06. The van der Waals surface area contributed by atoms with Crippen molar-refractivity contribution in [3.63, 3.8) is 0 Å². The van der Waals surface area contributed by atoms with Gasteiger partial charge < -0.3 is 20.1 Å². The average molecular weight is 295 g/mol. The number of ether oxygens (including phenoxy) is 2. The topological polar surface area (TPSA) is 81.2 Å². The zero-order valence-corrected chi connectivity index (χ0v) is 13.1. The molecule has 21 heavy (non-hydrogen) atoms. The van der Waals surface area contributed by atoms with E-state index in [0.29, 0.717) is 31.1 Å². The fraction of sp³-hybridized carbons (Fsp3) is 0.786. The lowest BCUT2D eigenvalue weighted by Gasteiger charge is -2.23. The van der Waals surface area contributed by atoms with E-state index in [9.17, 15) is 0 Å². The Morgan fingerprint density at radius 3 is 2.57 bits per heavy atom. The first-order valence-electron chi connectivity index (χ1n) is 7.66. The van der Waals surface area contributed by atoms with Gasteiger partial charge >= 0.3 is 6.01 Å². The third kappa shape index (κ3) is 4.70. The van der Waals surface area contributed by atoms with Crippen LogP contribution in [0.2, 0.25) is 0 Å². The molecule has 1 aliphatic heterocycles. The van der Waals surface area contributed by atoms with Crippen LogP contribution in [-0.2, 0) is 4.74 Å². The monoisotopic (exact) mass is 295 g/mol. The molecular formula is C14H25N5O2. The molecule has 118 valence electrons. The number of anilines is 2. The first kappa shape index (κ1) is 15.8. The molecular weight excluding hydrogens is 270 g/mol. The van der Waals surface area contributed by atoms with Crippen molar-refractivity contribution in [1.29, 1.82) is 0 Å². The zero-order valence-electron chi connectivity index (χ0n) is 13.1. The van der Waals surface area contributed by atoms with Crippen molar-refractivity contribution in [2.24, 2.45) is 0 Å². The number of rotatable bonds is 8. The molecule has 1 saturated heterocycles. The molecule has 0 spiro atoms. The van der Waals surface area contributed by atoms with Crippen LogP contribution < -0.4 is 15.4 Å². The van der Waals surface area contributed by atoms with Crippen LogP contribution in [0.25, 0.3) is 0 Å². The summed E-state index contributed by atoms with van der Waals surface area (Å²) >= 11 is 0. The summed E-state index contributed by atoms with van der Waals surface area (Å²) in [6.45, 7) is 8.99. The van der Waals surface area contributed by atoms with Crippen LogP contribution in [0.15, 0.2) is 0 Å². The van der Waals surface area contributed by atoms with Crippen LogP contribution in [-0.4, -0.2) is 46.9 Å². The van der Waals surface area contributed by atoms with Crippen molar-refractivity contribution in [3.8, 4) is 6.01 Å². The Morgan fingerprint density at radius 1 is 1.19 bits per heavy atom. The van der Waals surface area contributed by atoms with Gasteiger partial charge in [-0.25, -0.2) is 0 Å². The highest BCUT2D eigenvalue weighted by atomic mass is 16.5. The molecule has 2 heterocycles. The van der Waals surface area contributed by atoms with E-state index in [1.807, 2.05) is 13.8 Å². The first-order valence-corrected chi connectivity index (χ1v) is 7.66. The maximum absolute atomic E-state index is 5.75. The van der Waals surface area contributed by atoms with E-state index in [1.54, 1.807) is 0 Å². The summed E-state index contributed by atoms with van der Waals surface area (Å²) in [5.41, 5.74) is -0.143. The fourth-order valence-electron chi connectivity index (χ4n) is 2.17. The lowest BCUT2D eigenvalue weighted by atomic mass is 10.0. The summed E-state index contributed by atoms with van der Waals surface area (Å²) < 4.78 is 11.3. The SMILES string of the molecule is CCCOc1nc(NCC)nc(NCC2(C)CCCO2)n1. The normalized spacial score (nSPS) is 21.3. The van der Waals surface area contributed by atoms with Gasteiger partial charge in [0.05, 0.1) is 12.2 Å². The predicted octanol–water partition coefficient (Wildman–Crippen LogP) is 2.07. The molecule has 1 fully saturated rings. The molecule has 1 atom stereocenters. The summed E-state index contributed by atoms with van der Waals surface area (Å²) in [7, 11) is 0. The number of nitrogens with zero attached hydrogens (tertiary/aromatic N) is 3. The summed E-state index contributed by atoms with van der Waals surface area (Å²) in [5, 5.41) is 6.32. The largest absolute Gasteiger partial charge is 0.463 e. The summed E-state index contributed by atoms with van der Waals surface area (Å²) in [6, 6.07) is 0.350. The van der Waals surface area contributed by atoms with Crippen molar-refractivity contribution in [3.05, 3.63) is 0 Å². The second kappa shape index (κ2) is 7.40. The maximum Gasteiger partial charge on any atom is 0.323 e. The first-order chi connectivity index (χ1) is 10.1. The molecule has 0 saturated carbocycles. The molecule has 0 aliphatic carbocycles. The van der Waals surface area contributed by atoms with Gasteiger partial charge in [-0.1, -0.05) is 6.92 Å². The molecule has 1 unspecified atom stereocenters.